The van der Waals surface area contributed by atoms with Crippen LogP contribution in [0.2, 0.25) is 0 Å². The van der Waals surface area contributed by atoms with Crippen molar-refractivity contribution in [3.8, 4) is 0 Å². The number of piperidine rings is 1. The number of halogens is 1. The summed E-state index contributed by atoms with van der Waals surface area (Å²) in [6, 6.07) is 7.61. The monoisotopic (exact) mass is 516 g/mol. The lowest BCUT2D eigenvalue weighted by Crippen LogP contribution is -2.46. The Bertz CT molecular complexity index is 688. The summed E-state index contributed by atoms with van der Waals surface area (Å²) in [5, 5.41) is 6.26. The van der Waals surface area contributed by atoms with Crippen LogP contribution in [0.5, 0.6) is 0 Å². The van der Waals surface area contributed by atoms with Crippen molar-refractivity contribution in [2.45, 2.75) is 39.7 Å². The van der Waals surface area contributed by atoms with Gasteiger partial charge in [0.2, 0.25) is 0 Å². The Morgan fingerprint density at radius 3 is 2.55 bits per heavy atom. The lowest BCUT2D eigenvalue weighted by Gasteiger charge is -2.33. The summed E-state index contributed by atoms with van der Waals surface area (Å²) in [5.41, 5.74) is 1.68. The van der Waals surface area contributed by atoms with Crippen molar-refractivity contribution in [1.29, 1.82) is 0 Å². The molecule has 162 valence electrons. The van der Waals surface area contributed by atoms with Crippen molar-refractivity contribution in [1.82, 2.24) is 15.5 Å². The number of amides is 1. The second-order valence-corrected chi connectivity index (χ2v) is 6.87. The summed E-state index contributed by atoms with van der Waals surface area (Å²) >= 11 is 0. The van der Waals surface area contributed by atoms with Gasteiger partial charge >= 0.3 is 5.97 Å². The number of hydrogen-bond acceptors (Lipinski definition) is 4. The summed E-state index contributed by atoms with van der Waals surface area (Å²) in [6.45, 7) is 7.08. The number of carbonyl (C=O) groups is 2. The highest BCUT2D eigenvalue weighted by Gasteiger charge is 2.27. The molecule has 0 spiro atoms. The first kappa shape index (κ1) is 25.2. The maximum absolute atomic E-state index is 12.1. The zero-order valence-corrected chi connectivity index (χ0v) is 19.9. The summed E-state index contributed by atoms with van der Waals surface area (Å²) in [5.74, 6) is 0.646. The summed E-state index contributed by atoms with van der Waals surface area (Å²) < 4.78 is 5.13. The van der Waals surface area contributed by atoms with E-state index in [9.17, 15) is 9.59 Å². The molecule has 1 fully saturated rings. The molecule has 1 aliphatic heterocycles. The van der Waals surface area contributed by atoms with Crippen molar-refractivity contribution >= 4 is 41.8 Å². The molecular weight excluding hydrogens is 483 g/mol. The van der Waals surface area contributed by atoms with Crippen molar-refractivity contribution < 1.29 is 14.3 Å². The topological polar surface area (TPSA) is 83.0 Å². The standard InChI is InChI=1S/C21H32N4O3.HI/c1-4-11-23-19(26)18-8-6-7-16(14-18)15-24-21(22-3)25-12-9-17(10-13-25)20(27)28-5-2;/h6-8,14,17H,4-5,9-13,15H2,1-3H3,(H,22,24)(H,23,26);1H. The minimum atomic E-state index is -0.0942. The Morgan fingerprint density at radius 1 is 1.21 bits per heavy atom. The predicted molar refractivity (Wildman–Crippen MR) is 126 cm³/mol. The molecule has 8 heteroatoms. The molecule has 1 amide bonds. The molecule has 1 saturated heterocycles. The van der Waals surface area contributed by atoms with Crippen molar-refractivity contribution in [2.75, 3.05) is 33.3 Å². The van der Waals surface area contributed by atoms with E-state index in [1.165, 1.54) is 0 Å². The van der Waals surface area contributed by atoms with Gasteiger partial charge in [0.25, 0.3) is 5.91 Å². The SMILES string of the molecule is CCCNC(=O)c1cccc(CNC(=NC)N2CCC(C(=O)OCC)CC2)c1.I. The fraction of sp³-hybridized carbons (Fsp3) is 0.571. The number of aliphatic imine (C=N–C) groups is 1. The third-order valence-electron chi connectivity index (χ3n) is 4.80. The van der Waals surface area contributed by atoms with Crippen LogP contribution in [-0.2, 0) is 16.1 Å². The molecule has 0 atom stereocenters. The molecule has 0 unspecified atom stereocenters. The minimum absolute atomic E-state index is 0. The van der Waals surface area contributed by atoms with Gasteiger partial charge in [-0.15, -0.1) is 24.0 Å². The molecule has 2 rings (SSSR count). The number of esters is 1. The first-order valence-corrected chi connectivity index (χ1v) is 10.1. The summed E-state index contributed by atoms with van der Waals surface area (Å²) in [4.78, 5) is 30.5. The molecule has 1 aliphatic rings. The van der Waals surface area contributed by atoms with Crippen molar-refractivity contribution in [3.63, 3.8) is 0 Å². The molecule has 1 heterocycles. The highest BCUT2D eigenvalue weighted by molar-refractivity contribution is 14.0. The number of ether oxygens (including phenoxy) is 1. The Morgan fingerprint density at radius 2 is 1.93 bits per heavy atom. The number of nitrogens with zero attached hydrogens (tertiary/aromatic N) is 2. The van der Waals surface area contributed by atoms with Crippen LogP contribution in [0.15, 0.2) is 29.3 Å². The fourth-order valence-corrected chi connectivity index (χ4v) is 3.26. The number of benzene rings is 1. The van der Waals surface area contributed by atoms with Gasteiger partial charge in [-0.1, -0.05) is 19.1 Å². The summed E-state index contributed by atoms with van der Waals surface area (Å²) in [6.07, 6.45) is 2.45. The molecular formula is C21H33IN4O3. The Balaban J connectivity index is 0.00000420. The molecule has 0 bridgehead atoms. The zero-order valence-electron chi connectivity index (χ0n) is 17.6. The Labute approximate surface area is 190 Å². The third-order valence-corrected chi connectivity index (χ3v) is 4.80. The van der Waals surface area contributed by atoms with Crippen molar-refractivity contribution in [3.05, 3.63) is 35.4 Å². The minimum Gasteiger partial charge on any atom is -0.466 e. The Hall–Kier alpha value is -1.84. The number of guanidine groups is 1. The number of rotatable bonds is 7. The van der Waals surface area contributed by atoms with Gasteiger partial charge in [-0.3, -0.25) is 14.6 Å². The van der Waals surface area contributed by atoms with Gasteiger partial charge in [-0.05, 0) is 43.9 Å². The highest BCUT2D eigenvalue weighted by Crippen LogP contribution is 2.19. The second-order valence-electron chi connectivity index (χ2n) is 6.87. The lowest BCUT2D eigenvalue weighted by molar-refractivity contribution is -0.149. The second kappa shape index (κ2) is 13.4. The molecule has 2 N–H and O–H groups in total. The van der Waals surface area contributed by atoms with Crippen LogP contribution < -0.4 is 10.6 Å². The molecule has 29 heavy (non-hydrogen) atoms. The van der Waals surface area contributed by atoms with Crippen LogP contribution in [0.1, 0.15) is 49.0 Å². The molecule has 0 radical (unpaired) electrons. The van der Waals surface area contributed by atoms with E-state index in [0.717, 1.165) is 43.9 Å². The lowest BCUT2D eigenvalue weighted by atomic mass is 9.97. The van der Waals surface area contributed by atoms with E-state index in [-0.39, 0.29) is 41.8 Å². The van der Waals surface area contributed by atoms with Crippen LogP contribution in [0, 0.1) is 5.92 Å². The maximum atomic E-state index is 12.1. The molecule has 7 nitrogen and oxygen atoms in total. The summed E-state index contributed by atoms with van der Waals surface area (Å²) in [7, 11) is 1.76. The largest absolute Gasteiger partial charge is 0.466 e. The van der Waals surface area contributed by atoms with Gasteiger partial charge < -0.3 is 20.3 Å². The smallest absolute Gasteiger partial charge is 0.309 e. The molecule has 1 aromatic rings. The average molecular weight is 516 g/mol. The van der Waals surface area contributed by atoms with E-state index in [4.69, 9.17) is 4.74 Å². The number of carbonyl (C=O) groups excluding carboxylic acids is 2. The molecule has 0 saturated carbocycles. The van der Waals surface area contributed by atoms with Crippen LogP contribution in [-0.4, -0.2) is 56.0 Å². The number of nitrogens with one attached hydrogen (secondary N) is 2. The molecule has 0 aliphatic carbocycles. The quantitative estimate of drug-likeness (QED) is 0.252. The molecule has 0 aromatic heterocycles. The van der Waals surface area contributed by atoms with Crippen LogP contribution >= 0.6 is 24.0 Å². The zero-order chi connectivity index (χ0) is 20.4. The molecule has 1 aromatic carbocycles. The van der Waals surface area contributed by atoms with E-state index in [1.807, 2.05) is 38.1 Å². The fourth-order valence-electron chi connectivity index (χ4n) is 3.26. The highest BCUT2D eigenvalue weighted by atomic mass is 127. The van der Waals surface area contributed by atoms with Gasteiger partial charge in [-0.25, -0.2) is 0 Å². The van der Waals surface area contributed by atoms with E-state index in [0.29, 0.717) is 25.3 Å². The third kappa shape index (κ3) is 7.83. The first-order chi connectivity index (χ1) is 13.6. The van der Waals surface area contributed by atoms with Gasteiger partial charge in [0.1, 0.15) is 0 Å². The van der Waals surface area contributed by atoms with Crippen LogP contribution in [0.4, 0.5) is 0 Å². The van der Waals surface area contributed by atoms with Crippen molar-refractivity contribution in [2.24, 2.45) is 10.9 Å². The first-order valence-electron chi connectivity index (χ1n) is 10.1. The van der Waals surface area contributed by atoms with E-state index in [1.54, 1.807) is 7.05 Å². The Kier molecular flexibility index (Phi) is 11.6. The normalized spacial score (nSPS) is 14.7. The number of likely N-dealkylation sites (tertiary alicyclic amines) is 1. The van der Waals surface area contributed by atoms with Gasteiger partial charge in [-0.2, -0.15) is 0 Å². The van der Waals surface area contributed by atoms with E-state index >= 15 is 0 Å². The van der Waals surface area contributed by atoms with Gasteiger partial charge in [0, 0.05) is 38.8 Å². The predicted octanol–water partition coefficient (Wildman–Crippen LogP) is 2.79. The van der Waals surface area contributed by atoms with Gasteiger partial charge in [0.15, 0.2) is 5.96 Å². The average Bonchev–Trinajstić information content (AvgIpc) is 2.73. The number of hydrogen-bond donors (Lipinski definition) is 2. The van der Waals surface area contributed by atoms with Crippen LogP contribution in [0.25, 0.3) is 0 Å². The van der Waals surface area contributed by atoms with E-state index < -0.39 is 0 Å². The van der Waals surface area contributed by atoms with Crippen LogP contribution in [0.3, 0.4) is 0 Å². The van der Waals surface area contributed by atoms with Gasteiger partial charge in [0.05, 0.1) is 12.5 Å². The van der Waals surface area contributed by atoms with E-state index in [2.05, 4.69) is 20.5 Å². The maximum Gasteiger partial charge on any atom is 0.309 e.